The van der Waals surface area contributed by atoms with Gasteiger partial charge in [-0.05, 0) is 43.9 Å². The zero-order valence-electron chi connectivity index (χ0n) is 13.0. The maximum absolute atomic E-state index is 12.7. The third-order valence-electron chi connectivity index (χ3n) is 3.93. The molecule has 2 rings (SSSR count). The molecule has 5 nitrogen and oxygen atoms in total. The average Bonchev–Trinajstić information content (AvgIpc) is 3.05. The highest BCUT2D eigenvalue weighted by atomic mass is 32.2. The van der Waals surface area contributed by atoms with Crippen LogP contribution in [0.4, 0.5) is 0 Å². The first kappa shape index (κ1) is 16.9. The minimum absolute atomic E-state index is 0.436. The molecule has 1 fully saturated rings. The molecule has 1 aliphatic rings. The first-order chi connectivity index (χ1) is 9.95. The smallest absolute Gasteiger partial charge is 0.243 e. The van der Waals surface area contributed by atoms with Gasteiger partial charge in [0.1, 0.15) is 0 Å². The number of likely N-dealkylation sites (tertiary alicyclic amines) is 1. The minimum atomic E-state index is -3.38. The zero-order valence-corrected chi connectivity index (χ0v) is 14.6. The first-order valence-electron chi connectivity index (χ1n) is 7.37. The van der Waals surface area contributed by atoms with Crippen LogP contribution in [0.2, 0.25) is 0 Å². The zero-order chi connectivity index (χ0) is 15.5. The van der Waals surface area contributed by atoms with Gasteiger partial charge in [-0.2, -0.15) is 0 Å². The third kappa shape index (κ3) is 4.04. The summed E-state index contributed by atoms with van der Waals surface area (Å²) in [5, 5.41) is 5.06. The molecule has 21 heavy (non-hydrogen) atoms. The fourth-order valence-electron chi connectivity index (χ4n) is 2.73. The van der Waals surface area contributed by atoms with Crippen molar-refractivity contribution in [3.05, 3.63) is 16.3 Å². The van der Waals surface area contributed by atoms with Crippen molar-refractivity contribution in [1.29, 1.82) is 0 Å². The summed E-state index contributed by atoms with van der Waals surface area (Å²) in [5.41, 5.74) is 0. The standard InChI is InChI=1S/C14H25N3O2S2/c1-4-15-9-13-14(6-8-20-13)21(18,19)17(3)11-12-5-7-16(2)10-12/h6,8,12,15H,4-5,7,9-11H2,1-3H3. The summed E-state index contributed by atoms with van der Waals surface area (Å²) in [6, 6.07) is 1.73. The summed E-state index contributed by atoms with van der Waals surface area (Å²) in [6.45, 7) is 6.11. The Bertz CT molecular complexity index is 556. The van der Waals surface area contributed by atoms with Gasteiger partial charge in [-0.25, -0.2) is 12.7 Å². The van der Waals surface area contributed by atoms with Gasteiger partial charge in [0.15, 0.2) is 0 Å². The highest BCUT2D eigenvalue weighted by molar-refractivity contribution is 7.89. The molecule has 0 radical (unpaired) electrons. The van der Waals surface area contributed by atoms with Crippen molar-refractivity contribution in [1.82, 2.24) is 14.5 Å². The molecule has 1 atom stereocenters. The van der Waals surface area contributed by atoms with Gasteiger partial charge in [-0.1, -0.05) is 6.92 Å². The van der Waals surface area contributed by atoms with E-state index in [1.165, 1.54) is 15.6 Å². The summed E-state index contributed by atoms with van der Waals surface area (Å²) in [5.74, 6) is 0.436. The van der Waals surface area contributed by atoms with Crippen molar-refractivity contribution < 1.29 is 8.42 Å². The highest BCUT2D eigenvalue weighted by Gasteiger charge is 2.29. The van der Waals surface area contributed by atoms with E-state index in [4.69, 9.17) is 0 Å². The summed E-state index contributed by atoms with van der Waals surface area (Å²) < 4.78 is 27.0. The predicted molar refractivity (Wildman–Crippen MR) is 87.1 cm³/mol. The van der Waals surface area contributed by atoms with Crippen LogP contribution < -0.4 is 5.32 Å². The molecule has 1 aliphatic heterocycles. The second-order valence-corrected chi connectivity index (χ2v) is 8.70. The van der Waals surface area contributed by atoms with Crippen LogP contribution in [0.15, 0.2) is 16.3 Å². The van der Waals surface area contributed by atoms with E-state index in [-0.39, 0.29) is 0 Å². The van der Waals surface area contributed by atoms with Crippen molar-refractivity contribution >= 4 is 21.4 Å². The topological polar surface area (TPSA) is 52.7 Å². The van der Waals surface area contributed by atoms with Crippen LogP contribution in [0.5, 0.6) is 0 Å². The molecule has 2 heterocycles. The van der Waals surface area contributed by atoms with Gasteiger partial charge in [0.05, 0.1) is 4.90 Å². The molecule has 7 heteroatoms. The number of sulfonamides is 1. The molecule has 1 N–H and O–H groups in total. The number of nitrogens with zero attached hydrogens (tertiary/aromatic N) is 2. The number of hydrogen-bond acceptors (Lipinski definition) is 5. The van der Waals surface area contributed by atoms with Crippen LogP contribution in [-0.4, -0.2) is 57.9 Å². The SMILES string of the molecule is CCNCc1sccc1S(=O)(=O)N(C)CC1CCN(C)C1. The van der Waals surface area contributed by atoms with E-state index in [1.807, 2.05) is 12.3 Å². The summed E-state index contributed by atoms with van der Waals surface area (Å²) in [7, 11) is 0.406. The van der Waals surface area contributed by atoms with Gasteiger partial charge in [-0.15, -0.1) is 11.3 Å². The molecular weight excluding hydrogens is 306 g/mol. The van der Waals surface area contributed by atoms with E-state index in [0.29, 0.717) is 23.9 Å². The monoisotopic (exact) mass is 331 g/mol. The van der Waals surface area contributed by atoms with Crippen molar-refractivity contribution in [3.8, 4) is 0 Å². The molecule has 0 saturated carbocycles. The molecule has 1 saturated heterocycles. The van der Waals surface area contributed by atoms with E-state index >= 15 is 0 Å². The first-order valence-corrected chi connectivity index (χ1v) is 9.69. The Kier molecular flexibility index (Phi) is 5.79. The summed E-state index contributed by atoms with van der Waals surface area (Å²) in [6.07, 6.45) is 1.07. The molecule has 0 spiro atoms. The van der Waals surface area contributed by atoms with Gasteiger partial charge < -0.3 is 10.2 Å². The maximum Gasteiger partial charge on any atom is 0.243 e. The van der Waals surface area contributed by atoms with Crippen molar-refractivity contribution in [2.75, 3.05) is 40.3 Å². The molecule has 0 aliphatic carbocycles. The van der Waals surface area contributed by atoms with Crippen LogP contribution in [0.25, 0.3) is 0 Å². The van der Waals surface area contributed by atoms with Gasteiger partial charge in [0, 0.05) is 31.6 Å². The molecular formula is C14H25N3O2S2. The lowest BCUT2D eigenvalue weighted by Crippen LogP contribution is -2.33. The largest absolute Gasteiger partial charge is 0.312 e. The van der Waals surface area contributed by atoms with Gasteiger partial charge in [0.2, 0.25) is 10.0 Å². The molecule has 0 amide bonds. The number of nitrogens with one attached hydrogen (secondary N) is 1. The fraction of sp³-hybridized carbons (Fsp3) is 0.714. The Morgan fingerprint density at radius 1 is 1.52 bits per heavy atom. The Balaban J connectivity index is 2.08. The van der Waals surface area contributed by atoms with Gasteiger partial charge in [0.25, 0.3) is 0 Å². The van der Waals surface area contributed by atoms with E-state index in [2.05, 4.69) is 17.3 Å². The number of hydrogen-bond donors (Lipinski definition) is 1. The summed E-state index contributed by atoms with van der Waals surface area (Å²) in [4.78, 5) is 3.61. The van der Waals surface area contributed by atoms with Crippen LogP contribution >= 0.6 is 11.3 Å². The quantitative estimate of drug-likeness (QED) is 0.821. The minimum Gasteiger partial charge on any atom is -0.312 e. The number of rotatable bonds is 7. The normalized spacial score (nSPS) is 20.5. The summed E-state index contributed by atoms with van der Waals surface area (Å²) >= 11 is 1.50. The van der Waals surface area contributed by atoms with E-state index in [9.17, 15) is 8.42 Å². The highest BCUT2D eigenvalue weighted by Crippen LogP contribution is 2.26. The molecule has 1 aromatic heterocycles. The molecule has 1 unspecified atom stereocenters. The van der Waals surface area contributed by atoms with Gasteiger partial charge >= 0.3 is 0 Å². The molecule has 0 bridgehead atoms. The second-order valence-electron chi connectivity index (χ2n) is 5.69. The van der Waals surface area contributed by atoms with Crippen LogP contribution in [0, 0.1) is 5.92 Å². The lowest BCUT2D eigenvalue weighted by Gasteiger charge is -2.21. The Labute approximate surface area is 132 Å². The second kappa shape index (κ2) is 7.19. The van der Waals surface area contributed by atoms with Crippen LogP contribution in [0.1, 0.15) is 18.2 Å². The van der Waals surface area contributed by atoms with E-state index < -0.39 is 10.0 Å². The molecule has 1 aromatic rings. The van der Waals surface area contributed by atoms with Crippen LogP contribution in [-0.2, 0) is 16.6 Å². The van der Waals surface area contributed by atoms with Crippen molar-refractivity contribution in [2.45, 2.75) is 24.8 Å². The van der Waals surface area contributed by atoms with Crippen LogP contribution in [0.3, 0.4) is 0 Å². The Morgan fingerprint density at radius 3 is 2.90 bits per heavy atom. The lowest BCUT2D eigenvalue weighted by molar-refractivity contribution is 0.356. The Morgan fingerprint density at radius 2 is 2.29 bits per heavy atom. The Hall–Kier alpha value is -0.470. The predicted octanol–water partition coefficient (Wildman–Crippen LogP) is 1.43. The van der Waals surface area contributed by atoms with Gasteiger partial charge in [-0.3, -0.25) is 0 Å². The number of thiophene rings is 1. The molecule has 120 valence electrons. The fourth-order valence-corrected chi connectivity index (χ4v) is 5.36. The average molecular weight is 332 g/mol. The van der Waals surface area contributed by atoms with E-state index in [1.54, 1.807) is 13.1 Å². The van der Waals surface area contributed by atoms with Crippen molar-refractivity contribution in [3.63, 3.8) is 0 Å². The molecule has 0 aromatic carbocycles. The van der Waals surface area contributed by atoms with Crippen molar-refractivity contribution in [2.24, 2.45) is 5.92 Å². The maximum atomic E-state index is 12.7. The van der Waals surface area contributed by atoms with E-state index in [0.717, 1.165) is 30.9 Å². The lowest BCUT2D eigenvalue weighted by atomic mass is 10.1. The third-order valence-corrected chi connectivity index (χ3v) is 6.89.